The molecule has 2 heterocycles. The van der Waals surface area contributed by atoms with Gasteiger partial charge >= 0.3 is 6.09 Å². The number of nitrogens with one attached hydrogen (secondary N) is 2. The third kappa shape index (κ3) is 4.88. The summed E-state index contributed by atoms with van der Waals surface area (Å²) in [6.07, 6.45) is 1.52. The lowest BCUT2D eigenvalue weighted by molar-refractivity contribution is -0.122. The summed E-state index contributed by atoms with van der Waals surface area (Å²) in [7, 11) is 0. The molecule has 2 aromatic rings. The van der Waals surface area contributed by atoms with Crippen LogP contribution in [-0.2, 0) is 16.0 Å². The zero-order valence-corrected chi connectivity index (χ0v) is 15.8. The molecule has 0 aliphatic carbocycles. The Bertz CT molecular complexity index is 919. The third-order valence-corrected chi connectivity index (χ3v) is 4.89. The Hall–Kier alpha value is -2.90. The molecule has 150 valence electrons. The van der Waals surface area contributed by atoms with Crippen molar-refractivity contribution in [3.8, 4) is 0 Å². The molecule has 2 N–H and O–H groups in total. The molecule has 1 fully saturated rings. The van der Waals surface area contributed by atoms with Gasteiger partial charge in [-0.2, -0.15) is 0 Å². The average molecular weight is 389 g/mol. The van der Waals surface area contributed by atoms with Crippen LogP contribution in [0.25, 0.3) is 10.9 Å². The van der Waals surface area contributed by atoms with Gasteiger partial charge in [0.25, 0.3) is 5.56 Å². The van der Waals surface area contributed by atoms with Crippen molar-refractivity contribution in [2.45, 2.75) is 38.6 Å². The third-order valence-electron chi connectivity index (χ3n) is 4.89. The molecular weight excluding hydrogens is 365 g/mol. The first-order valence-electron chi connectivity index (χ1n) is 9.48. The number of aryl methyl sites for hydroxylation is 1. The van der Waals surface area contributed by atoms with Crippen LogP contribution in [0.2, 0.25) is 0 Å². The Morgan fingerprint density at radius 3 is 2.75 bits per heavy atom. The quantitative estimate of drug-likeness (QED) is 0.821. The molecule has 8 heteroatoms. The fourth-order valence-electron chi connectivity index (χ4n) is 3.37. The number of likely N-dealkylation sites (tertiary alicyclic amines) is 1. The Morgan fingerprint density at radius 2 is 2.04 bits per heavy atom. The van der Waals surface area contributed by atoms with Gasteiger partial charge in [-0.25, -0.2) is 9.18 Å². The molecule has 28 heavy (non-hydrogen) atoms. The number of aromatic nitrogens is 1. The van der Waals surface area contributed by atoms with Crippen molar-refractivity contribution in [3.05, 3.63) is 46.0 Å². The summed E-state index contributed by atoms with van der Waals surface area (Å²) in [6, 6.07) is 5.91. The highest BCUT2D eigenvalue weighted by Crippen LogP contribution is 2.14. The average Bonchev–Trinajstić information content (AvgIpc) is 2.67. The van der Waals surface area contributed by atoms with Crippen LogP contribution in [0.3, 0.4) is 0 Å². The summed E-state index contributed by atoms with van der Waals surface area (Å²) in [4.78, 5) is 40.4. The van der Waals surface area contributed by atoms with Gasteiger partial charge in [0, 0.05) is 31.1 Å². The second kappa shape index (κ2) is 8.86. The molecule has 3 rings (SSSR count). The Kier molecular flexibility index (Phi) is 6.28. The SMILES string of the molecule is CCOC(=O)N1CCC(NC(=O)CCc2cc3ccc(F)cc3[nH]c2=O)CC1. The number of halogens is 1. The van der Waals surface area contributed by atoms with Crippen molar-refractivity contribution in [2.24, 2.45) is 0 Å². The van der Waals surface area contributed by atoms with Gasteiger partial charge in [-0.1, -0.05) is 0 Å². The molecule has 1 aromatic carbocycles. The predicted molar refractivity (Wildman–Crippen MR) is 103 cm³/mol. The highest BCUT2D eigenvalue weighted by molar-refractivity contribution is 5.79. The zero-order chi connectivity index (χ0) is 20.1. The van der Waals surface area contributed by atoms with Gasteiger partial charge in [0.15, 0.2) is 0 Å². The van der Waals surface area contributed by atoms with Crippen molar-refractivity contribution < 1.29 is 18.7 Å². The molecule has 0 atom stereocenters. The first-order valence-corrected chi connectivity index (χ1v) is 9.48. The molecule has 0 unspecified atom stereocenters. The van der Waals surface area contributed by atoms with E-state index in [1.54, 1.807) is 24.0 Å². The Morgan fingerprint density at radius 1 is 1.29 bits per heavy atom. The Balaban J connectivity index is 1.50. The Labute approximate surface area is 161 Å². The minimum Gasteiger partial charge on any atom is -0.450 e. The van der Waals surface area contributed by atoms with Gasteiger partial charge in [-0.3, -0.25) is 9.59 Å². The van der Waals surface area contributed by atoms with Crippen LogP contribution >= 0.6 is 0 Å². The molecular formula is C20H24FN3O4. The van der Waals surface area contributed by atoms with E-state index in [0.717, 1.165) is 5.39 Å². The second-order valence-electron chi connectivity index (χ2n) is 6.88. The number of amides is 2. The number of piperidine rings is 1. The van der Waals surface area contributed by atoms with Gasteiger partial charge in [-0.05, 0) is 55.8 Å². The van der Waals surface area contributed by atoms with E-state index in [-0.39, 0.29) is 30.0 Å². The maximum Gasteiger partial charge on any atom is 0.409 e. The summed E-state index contributed by atoms with van der Waals surface area (Å²) >= 11 is 0. The second-order valence-corrected chi connectivity index (χ2v) is 6.88. The number of carbonyl (C=O) groups is 2. The van der Waals surface area contributed by atoms with Crippen LogP contribution in [0, 0.1) is 5.82 Å². The fourth-order valence-corrected chi connectivity index (χ4v) is 3.37. The molecule has 1 aromatic heterocycles. The summed E-state index contributed by atoms with van der Waals surface area (Å²) in [5, 5.41) is 3.69. The van der Waals surface area contributed by atoms with E-state index < -0.39 is 5.82 Å². The van der Waals surface area contributed by atoms with E-state index >= 15 is 0 Å². The van der Waals surface area contributed by atoms with Crippen LogP contribution in [0.5, 0.6) is 0 Å². The maximum absolute atomic E-state index is 13.2. The number of H-pyrrole nitrogens is 1. The topological polar surface area (TPSA) is 91.5 Å². The summed E-state index contributed by atoms with van der Waals surface area (Å²) in [5.74, 6) is -0.544. The molecule has 1 aliphatic rings. The van der Waals surface area contributed by atoms with E-state index in [0.29, 0.717) is 50.0 Å². The number of nitrogens with zero attached hydrogens (tertiary/aromatic N) is 1. The maximum atomic E-state index is 13.2. The number of pyridine rings is 1. The van der Waals surface area contributed by atoms with Gasteiger partial charge in [0.2, 0.25) is 5.91 Å². The predicted octanol–water partition coefficient (Wildman–Crippen LogP) is 2.34. The monoisotopic (exact) mass is 389 g/mol. The number of aromatic amines is 1. The highest BCUT2D eigenvalue weighted by Gasteiger charge is 2.24. The highest BCUT2D eigenvalue weighted by atomic mass is 19.1. The summed E-state index contributed by atoms with van der Waals surface area (Å²) in [5.41, 5.74) is 0.617. The van der Waals surface area contributed by atoms with Crippen LogP contribution < -0.4 is 10.9 Å². The normalized spacial score (nSPS) is 14.9. The lowest BCUT2D eigenvalue weighted by atomic mass is 10.0. The molecule has 0 saturated carbocycles. The molecule has 1 saturated heterocycles. The minimum absolute atomic E-state index is 0.0102. The molecule has 1 aliphatic heterocycles. The van der Waals surface area contributed by atoms with Crippen LogP contribution in [-0.4, -0.2) is 47.6 Å². The summed E-state index contributed by atoms with van der Waals surface area (Å²) in [6.45, 7) is 3.21. The zero-order valence-electron chi connectivity index (χ0n) is 15.8. The lowest BCUT2D eigenvalue weighted by Crippen LogP contribution is -2.46. The van der Waals surface area contributed by atoms with Crippen molar-refractivity contribution in [2.75, 3.05) is 19.7 Å². The van der Waals surface area contributed by atoms with Crippen LogP contribution in [0.15, 0.2) is 29.1 Å². The number of hydrogen-bond donors (Lipinski definition) is 2. The van der Waals surface area contributed by atoms with E-state index in [4.69, 9.17) is 4.74 Å². The first kappa shape index (κ1) is 19.9. The van der Waals surface area contributed by atoms with E-state index in [1.807, 2.05) is 0 Å². The molecule has 0 bridgehead atoms. The summed E-state index contributed by atoms with van der Waals surface area (Å²) < 4.78 is 18.2. The smallest absolute Gasteiger partial charge is 0.409 e. The van der Waals surface area contributed by atoms with Crippen molar-refractivity contribution >= 4 is 22.9 Å². The number of benzene rings is 1. The van der Waals surface area contributed by atoms with E-state index in [9.17, 15) is 18.8 Å². The van der Waals surface area contributed by atoms with Gasteiger partial charge in [-0.15, -0.1) is 0 Å². The van der Waals surface area contributed by atoms with Gasteiger partial charge < -0.3 is 19.9 Å². The van der Waals surface area contributed by atoms with Crippen LogP contribution in [0.4, 0.5) is 9.18 Å². The number of hydrogen-bond acceptors (Lipinski definition) is 4. The standard InChI is InChI=1S/C20H24FN3O4/c1-2-28-20(27)24-9-7-16(8-10-24)22-18(25)6-4-14-11-13-3-5-15(21)12-17(13)23-19(14)26/h3,5,11-12,16H,2,4,6-10H2,1H3,(H,22,25)(H,23,26). The van der Waals surface area contributed by atoms with Crippen molar-refractivity contribution in [1.82, 2.24) is 15.2 Å². The molecule has 0 radical (unpaired) electrons. The van der Waals surface area contributed by atoms with E-state index in [1.165, 1.54) is 12.1 Å². The number of ether oxygens (including phenoxy) is 1. The largest absolute Gasteiger partial charge is 0.450 e. The van der Waals surface area contributed by atoms with Crippen molar-refractivity contribution in [1.29, 1.82) is 0 Å². The van der Waals surface area contributed by atoms with Crippen molar-refractivity contribution in [3.63, 3.8) is 0 Å². The molecule has 7 nitrogen and oxygen atoms in total. The van der Waals surface area contributed by atoms with Gasteiger partial charge in [0.05, 0.1) is 12.1 Å². The number of carbonyl (C=O) groups excluding carboxylic acids is 2. The first-order chi connectivity index (χ1) is 13.5. The molecule has 0 spiro atoms. The number of rotatable bonds is 5. The minimum atomic E-state index is -0.413. The van der Waals surface area contributed by atoms with Crippen LogP contribution in [0.1, 0.15) is 31.7 Å². The fraction of sp³-hybridized carbons (Fsp3) is 0.450. The van der Waals surface area contributed by atoms with Gasteiger partial charge in [0.1, 0.15) is 5.82 Å². The lowest BCUT2D eigenvalue weighted by Gasteiger charge is -2.31. The molecule has 2 amide bonds. The van der Waals surface area contributed by atoms with E-state index in [2.05, 4.69) is 10.3 Å². The number of fused-ring (bicyclic) bond motifs is 1.